The molecule has 0 N–H and O–H groups in total. The lowest BCUT2D eigenvalue weighted by Crippen LogP contribution is -2.03. The minimum absolute atomic E-state index is 0.00470. The van der Waals surface area contributed by atoms with Crippen LogP contribution in [0.2, 0.25) is 0 Å². The van der Waals surface area contributed by atoms with Crippen molar-refractivity contribution in [3.8, 4) is 28.7 Å². The second-order valence-corrected chi connectivity index (χ2v) is 6.07. The molecule has 2 aromatic carbocycles. The van der Waals surface area contributed by atoms with Crippen LogP contribution in [0.15, 0.2) is 53.1 Å². The summed E-state index contributed by atoms with van der Waals surface area (Å²) in [6, 6.07) is 12.7. The summed E-state index contributed by atoms with van der Waals surface area (Å²) in [5.41, 5.74) is 2.07. The predicted octanol–water partition coefficient (Wildman–Crippen LogP) is 4.57. The molecular formula is C22H23NO5. The molecule has 1 aromatic heterocycles. The molecule has 0 aliphatic carbocycles. The Kier molecular flexibility index (Phi) is 6.32. The molecule has 0 aliphatic heterocycles. The number of methoxy groups -OCH3 is 2. The highest BCUT2D eigenvalue weighted by Gasteiger charge is 2.15. The molecule has 0 amide bonds. The standard InChI is InChI=1S/C22H23NO5/c1-4-27-21-13-15(9-12-20(21)26-3)22-23-16(14-28-22)10-11-18(24)17-7-5-6-8-19(17)25-2/h5-9,12-14H,4,10-11H2,1-3H3. The molecule has 3 rings (SSSR count). The summed E-state index contributed by atoms with van der Waals surface area (Å²) in [6.45, 7) is 2.44. The van der Waals surface area contributed by atoms with Crippen LogP contribution in [0.1, 0.15) is 29.4 Å². The minimum atomic E-state index is 0.00470. The van der Waals surface area contributed by atoms with E-state index in [0.29, 0.717) is 53.8 Å². The maximum Gasteiger partial charge on any atom is 0.226 e. The van der Waals surface area contributed by atoms with Crippen LogP contribution in [-0.2, 0) is 6.42 Å². The number of aryl methyl sites for hydroxylation is 1. The molecular weight excluding hydrogens is 358 g/mol. The zero-order valence-corrected chi connectivity index (χ0v) is 16.2. The van der Waals surface area contributed by atoms with Gasteiger partial charge in [0.15, 0.2) is 17.3 Å². The molecule has 0 bridgehead atoms. The molecule has 0 aliphatic rings. The number of Topliss-reactive ketones (excluding diaryl/α,β-unsaturated/α-hetero) is 1. The molecule has 6 nitrogen and oxygen atoms in total. The monoisotopic (exact) mass is 381 g/mol. The number of para-hydroxylation sites is 1. The van der Waals surface area contributed by atoms with Crippen LogP contribution in [0.5, 0.6) is 17.2 Å². The van der Waals surface area contributed by atoms with Gasteiger partial charge < -0.3 is 18.6 Å². The number of carbonyl (C=O) groups excluding carboxylic acids is 1. The fourth-order valence-corrected chi connectivity index (χ4v) is 2.88. The Morgan fingerprint density at radius 3 is 2.57 bits per heavy atom. The highest BCUT2D eigenvalue weighted by molar-refractivity contribution is 5.98. The van der Waals surface area contributed by atoms with Gasteiger partial charge in [-0.05, 0) is 37.3 Å². The van der Waals surface area contributed by atoms with E-state index in [4.69, 9.17) is 18.6 Å². The quantitative estimate of drug-likeness (QED) is 0.506. The zero-order chi connectivity index (χ0) is 19.9. The van der Waals surface area contributed by atoms with E-state index in [1.165, 1.54) is 0 Å². The van der Waals surface area contributed by atoms with Crippen molar-refractivity contribution < 1.29 is 23.4 Å². The van der Waals surface area contributed by atoms with E-state index < -0.39 is 0 Å². The van der Waals surface area contributed by atoms with Gasteiger partial charge in [0.2, 0.25) is 5.89 Å². The van der Waals surface area contributed by atoms with Gasteiger partial charge >= 0.3 is 0 Å². The van der Waals surface area contributed by atoms with E-state index >= 15 is 0 Å². The van der Waals surface area contributed by atoms with Crippen molar-refractivity contribution >= 4 is 5.78 Å². The van der Waals surface area contributed by atoms with Gasteiger partial charge in [0.1, 0.15) is 12.0 Å². The summed E-state index contributed by atoms with van der Waals surface area (Å²) in [6.07, 6.45) is 2.38. The molecule has 0 saturated heterocycles. The van der Waals surface area contributed by atoms with E-state index in [1.54, 1.807) is 32.6 Å². The number of ketones is 1. The van der Waals surface area contributed by atoms with Crippen LogP contribution in [0.25, 0.3) is 11.5 Å². The Bertz CT molecular complexity index is 948. The highest BCUT2D eigenvalue weighted by Crippen LogP contribution is 2.32. The van der Waals surface area contributed by atoms with Gasteiger partial charge in [-0.15, -0.1) is 0 Å². The zero-order valence-electron chi connectivity index (χ0n) is 16.2. The Morgan fingerprint density at radius 2 is 1.82 bits per heavy atom. The first-order valence-electron chi connectivity index (χ1n) is 9.08. The van der Waals surface area contributed by atoms with E-state index in [0.717, 1.165) is 5.56 Å². The summed E-state index contributed by atoms with van der Waals surface area (Å²) < 4.78 is 21.7. The third kappa shape index (κ3) is 4.34. The lowest BCUT2D eigenvalue weighted by molar-refractivity contribution is 0.0979. The molecule has 0 spiro atoms. The highest BCUT2D eigenvalue weighted by atomic mass is 16.5. The van der Waals surface area contributed by atoms with Gasteiger partial charge in [-0.1, -0.05) is 12.1 Å². The first kappa shape index (κ1) is 19.5. The number of carbonyl (C=O) groups is 1. The van der Waals surface area contributed by atoms with Gasteiger partial charge in [0.25, 0.3) is 0 Å². The Labute approximate surface area is 164 Å². The fraction of sp³-hybridized carbons (Fsp3) is 0.273. The number of hydrogen-bond acceptors (Lipinski definition) is 6. The maximum atomic E-state index is 12.5. The van der Waals surface area contributed by atoms with Crippen molar-refractivity contribution in [2.75, 3.05) is 20.8 Å². The second kappa shape index (κ2) is 9.08. The SMILES string of the molecule is CCOc1cc(-c2nc(CCC(=O)c3ccccc3OC)co2)ccc1OC. The molecule has 3 aromatic rings. The maximum absolute atomic E-state index is 12.5. The van der Waals surface area contributed by atoms with Gasteiger partial charge in [0.05, 0.1) is 32.1 Å². The average molecular weight is 381 g/mol. The van der Waals surface area contributed by atoms with Crippen molar-refractivity contribution in [2.45, 2.75) is 19.8 Å². The van der Waals surface area contributed by atoms with E-state index in [-0.39, 0.29) is 5.78 Å². The lowest BCUT2D eigenvalue weighted by atomic mass is 10.0. The third-order valence-electron chi connectivity index (χ3n) is 4.28. The minimum Gasteiger partial charge on any atom is -0.496 e. The lowest BCUT2D eigenvalue weighted by Gasteiger charge is -2.09. The molecule has 0 saturated carbocycles. The van der Waals surface area contributed by atoms with Crippen LogP contribution >= 0.6 is 0 Å². The van der Waals surface area contributed by atoms with Crippen LogP contribution in [0.4, 0.5) is 0 Å². The Balaban J connectivity index is 1.71. The number of ether oxygens (including phenoxy) is 3. The van der Waals surface area contributed by atoms with Crippen molar-refractivity contribution in [1.82, 2.24) is 4.98 Å². The summed E-state index contributed by atoms with van der Waals surface area (Å²) in [7, 11) is 3.15. The number of aromatic nitrogens is 1. The summed E-state index contributed by atoms with van der Waals surface area (Å²) >= 11 is 0. The molecule has 28 heavy (non-hydrogen) atoms. The molecule has 0 atom stereocenters. The van der Waals surface area contributed by atoms with Crippen LogP contribution in [0.3, 0.4) is 0 Å². The van der Waals surface area contributed by atoms with E-state index in [9.17, 15) is 4.79 Å². The average Bonchev–Trinajstić information content (AvgIpc) is 3.21. The summed E-state index contributed by atoms with van der Waals surface area (Å²) in [5.74, 6) is 2.34. The van der Waals surface area contributed by atoms with Crippen LogP contribution in [0, 0.1) is 0 Å². The van der Waals surface area contributed by atoms with Gasteiger partial charge in [-0.2, -0.15) is 0 Å². The third-order valence-corrected chi connectivity index (χ3v) is 4.28. The number of oxazole rings is 1. The molecule has 0 unspecified atom stereocenters. The van der Waals surface area contributed by atoms with Crippen molar-refractivity contribution in [2.24, 2.45) is 0 Å². The second-order valence-electron chi connectivity index (χ2n) is 6.07. The van der Waals surface area contributed by atoms with Gasteiger partial charge in [-0.25, -0.2) is 4.98 Å². The van der Waals surface area contributed by atoms with Crippen molar-refractivity contribution in [3.63, 3.8) is 0 Å². The van der Waals surface area contributed by atoms with Gasteiger partial charge in [-0.3, -0.25) is 4.79 Å². The first-order valence-corrected chi connectivity index (χ1v) is 9.08. The van der Waals surface area contributed by atoms with Crippen LogP contribution < -0.4 is 14.2 Å². The number of nitrogens with zero attached hydrogens (tertiary/aromatic N) is 1. The first-order chi connectivity index (χ1) is 13.7. The normalized spacial score (nSPS) is 10.5. The molecule has 146 valence electrons. The molecule has 6 heteroatoms. The van der Waals surface area contributed by atoms with E-state index in [1.807, 2.05) is 37.3 Å². The van der Waals surface area contributed by atoms with Crippen LogP contribution in [-0.4, -0.2) is 31.6 Å². The van der Waals surface area contributed by atoms with Gasteiger partial charge in [0, 0.05) is 18.4 Å². The molecule has 0 radical (unpaired) electrons. The Hall–Kier alpha value is -3.28. The number of rotatable bonds is 9. The molecule has 1 heterocycles. The predicted molar refractivity (Wildman–Crippen MR) is 105 cm³/mol. The van der Waals surface area contributed by atoms with Crippen molar-refractivity contribution in [1.29, 1.82) is 0 Å². The molecule has 0 fully saturated rings. The van der Waals surface area contributed by atoms with E-state index in [2.05, 4.69) is 4.98 Å². The Morgan fingerprint density at radius 1 is 1.04 bits per heavy atom. The fourth-order valence-electron chi connectivity index (χ4n) is 2.88. The topological polar surface area (TPSA) is 70.8 Å². The summed E-state index contributed by atoms with van der Waals surface area (Å²) in [4.78, 5) is 17.0. The van der Waals surface area contributed by atoms with Crippen molar-refractivity contribution in [3.05, 3.63) is 60.0 Å². The number of benzene rings is 2. The summed E-state index contributed by atoms with van der Waals surface area (Å²) in [5, 5.41) is 0. The number of hydrogen-bond donors (Lipinski definition) is 0. The largest absolute Gasteiger partial charge is 0.496 e. The smallest absolute Gasteiger partial charge is 0.226 e.